The van der Waals surface area contributed by atoms with Crippen LogP contribution in [-0.4, -0.2) is 24.1 Å². The van der Waals surface area contributed by atoms with Gasteiger partial charge in [0.2, 0.25) is 0 Å². The van der Waals surface area contributed by atoms with Gasteiger partial charge in [-0.05, 0) is 79.0 Å². The molecule has 0 aromatic heterocycles. The Kier molecular flexibility index (Phi) is 6.96. The van der Waals surface area contributed by atoms with E-state index in [2.05, 4.69) is 26.6 Å². The van der Waals surface area contributed by atoms with Gasteiger partial charge in [-0.25, -0.2) is 9.18 Å². The molecule has 2 rings (SSSR count). The molecule has 7 heteroatoms. The molecule has 0 spiro atoms. The number of carbonyl (C=O) groups excluding carboxylic acids is 2. The van der Waals surface area contributed by atoms with E-state index in [1.165, 1.54) is 12.1 Å². The Bertz CT molecular complexity index is 817. The molecule has 2 aromatic carbocycles. The molecule has 0 radical (unpaired) electrons. The minimum atomic E-state index is -0.526. The van der Waals surface area contributed by atoms with Crippen LogP contribution in [0.25, 0.3) is 0 Å². The fourth-order valence-corrected chi connectivity index (χ4v) is 2.47. The summed E-state index contributed by atoms with van der Waals surface area (Å²) in [6, 6.07) is 11.4. The number of alkyl carbamates (subject to hydrolysis) is 1. The van der Waals surface area contributed by atoms with Gasteiger partial charge in [-0.3, -0.25) is 4.79 Å². The van der Waals surface area contributed by atoms with Crippen LogP contribution < -0.4 is 10.6 Å². The summed E-state index contributed by atoms with van der Waals surface area (Å²) in [6.45, 7) is 5.87. The molecule has 0 aliphatic heterocycles. The van der Waals surface area contributed by atoms with Crippen LogP contribution in [0.3, 0.4) is 0 Å². The Morgan fingerprint density at radius 1 is 1.11 bits per heavy atom. The largest absolute Gasteiger partial charge is 0.444 e. The van der Waals surface area contributed by atoms with Crippen molar-refractivity contribution in [2.75, 3.05) is 11.9 Å². The van der Waals surface area contributed by atoms with Crippen LogP contribution in [0.4, 0.5) is 14.9 Å². The molecule has 0 heterocycles. The average molecular weight is 437 g/mol. The zero-order valence-electron chi connectivity index (χ0n) is 15.4. The molecule has 0 aliphatic carbocycles. The molecule has 0 bridgehead atoms. The molecular formula is C20H22BrFN2O3. The van der Waals surface area contributed by atoms with Crippen LogP contribution in [0.5, 0.6) is 0 Å². The first-order valence-corrected chi connectivity index (χ1v) is 9.25. The molecule has 0 saturated heterocycles. The number of ether oxygens (including phenoxy) is 1. The number of hydrogen-bond acceptors (Lipinski definition) is 3. The Hall–Kier alpha value is -2.41. The van der Waals surface area contributed by atoms with Crippen molar-refractivity contribution in [1.82, 2.24) is 5.32 Å². The van der Waals surface area contributed by atoms with Crippen LogP contribution in [0.1, 0.15) is 36.7 Å². The Morgan fingerprint density at radius 2 is 1.78 bits per heavy atom. The van der Waals surface area contributed by atoms with Crippen LogP contribution in [0.2, 0.25) is 0 Å². The molecule has 0 fully saturated rings. The van der Waals surface area contributed by atoms with Gasteiger partial charge in [0.25, 0.3) is 5.91 Å². The molecule has 0 atom stereocenters. The number of amides is 2. The molecule has 0 aliphatic rings. The van der Waals surface area contributed by atoms with Gasteiger partial charge in [0.05, 0.1) is 4.47 Å². The molecular weight excluding hydrogens is 415 g/mol. The lowest BCUT2D eigenvalue weighted by atomic mass is 10.1. The predicted molar refractivity (Wildman–Crippen MR) is 106 cm³/mol. The highest BCUT2D eigenvalue weighted by Crippen LogP contribution is 2.18. The summed E-state index contributed by atoms with van der Waals surface area (Å²) in [5, 5.41) is 5.42. The van der Waals surface area contributed by atoms with E-state index in [-0.39, 0.29) is 11.5 Å². The summed E-state index contributed by atoms with van der Waals surface area (Å²) in [7, 11) is 0. The minimum absolute atomic E-state index is 0.237. The summed E-state index contributed by atoms with van der Waals surface area (Å²) >= 11 is 3.06. The molecule has 27 heavy (non-hydrogen) atoms. The SMILES string of the molecule is CC(C)(C)OC(=O)NCCc1ccc(NC(=O)c2ccc(Br)c(F)c2)cc1. The van der Waals surface area contributed by atoms with Gasteiger partial charge in [-0.1, -0.05) is 12.1 Å². The monoisotopic (exact) mass is 436 g/mol. The van der Waals surface area contributed by atoms with Crippen molar-refractivity contribution in [1.29, 1.82) is 0 Å². The van der Waals surface area contributed by atoms with E-state index in [1.54, 1.807) is 18.2 Å². The van der Waals surface area contributed by atoms with E-state index < -0.39 is 17.5 Å². The zero-order chi connectivity index (χ0) is 20.0. The van der Waals surface area contributed by atoms with Gasteiger partial charge < -0.3 is 15.4 Å². The fraction of sp³-hybridized carbons (Fsp3) is 0.300. The first-order chi connectivity index (χ1) is 12.6. The molecule has 2 aromatic rings. The van der Waals surface area contributed by atoms with Crippen LogP contribution in [-0.2, 0) is 11.2 Å². The highest BCUT2D eigenvalue weighted by Gasteiger charge is 2.15. The quantitative estimate of drug-likeness (QED) is 0.699. The van der Waals surface area contributed by atoms with Gasteiger partial charge >= 0.3 is 6.09 Å². The van der Waals surface area contributed by atoms with Crippen molar-refractivity contribution in [3.8, 4) is 0 Å². The van der Waals surface area contributed by atoms with E-state index in [0.29, 0.717) is 23.1 Å². The van der Waals surface area contributed by atoms with E-state index in [1.807, 2.05) is 32.9 Å². The van der Waals surface area contributed by atoms with Gasteiger partial charge in [0, 0.05) is 17.8 Å². The Morgan fingerprint density at radius 3 is 2.37 bits per heavy atom. The van der Waals surface area contributed by atoms with E-state index in [0.717, 1.165) is 5.56 Å². The van der Waals surface area contributed by atoms with Crippen molar-refractivity contribution >= 4 is 33.6 Å². The van der Waals surface area contributed by atoms with Gasteiger partial charge in [0.15, 0.2) is 0 Å². The minimum Gasteiger partial charge on any atom is -0.444 e. The number of nitrogens with one attached hydrogen (secondary N) is 2. The smallest absolute Gasteiger partial charge is 0.407 e. The zero-order valence-corrected chi connectivity index (χ0v) is 17.0. The van der Waals surface area contributed by atoms with Crippen LogP contribution >= 0.6 is 15.9 Å². The van der Waals surface area contributed by atoms with Gasteiger partial charge in [0.1, 0.15) is 11.4 Å². The standard InChI is InChI=1S/C20H22BrFN2O3/c1-20(2,3)27-19(26)23-11-10-13-4-7-15(8-5-13)24-18(25)14-6-9-16(21)17(22)12-14/h4-9,12H,10-11H2,1-3H3,(H,23,26)(H,24,25). The second-order valence-corrected chi connectivity index (χ2v) is 7.81. The average Bonchev–Trinajstić information content (AvgIpc) is 2.57. The number of rotatable bonds is 5. The van der Waals surface area contributed by atoms with E-state index in [9.17, 15) is 14.0 Å². The number of carbonyl (C=O) groups is 2. The summed E-state index contributed by atoms with van der Waals surface area (Å²) in [4.78, 5) is 23.8. The predicted octanol–water partition coefficient (Wildman–Crippen LogP) is 4.91. The maximum absolute atomic E-state index is 13.5. The summed E-state index contributed by atoms with van der Waals surface area (Å²) in [5.41, 5.74) is 1.31. The number of anilines is 1. The summed E-state index contributed by atoms with van der Waals surface area (Å²) in [5.74, 6) is -0.878. The van der Waals surface area contributed by atoms with E-state index >= 15 is 0 Å². The molecule has 0 unspecified atom stereocenters. The van der Waals surface area contributed by atoms with Crippen LogP contribution in [0.15, 0.2) is 46.9 Å². The van der Waals surface area contributed by atoms with Crippen molar-refractivity contribution in [2.24, 2.45) is 0 Å². The molecule has 0 saturated carbocycles. The van der Waals surface area contributed by atoms with Gasteiger partial charge in [-0.15, -0.1) is 0 Å². The maximum atomic E-state index is 13.5. The number of halogens is 2. The van der Waals surface area contributed by atoms with Crippen molar-refractivity contribution < 1.29 is 18.7 Å². The third-order valence-electron chi connectivity index (χ3n) is 3.48. The van der Waals surface area contributed by atoms with E-state index in [4.69, 9.17) is 4.74 Å². The number of hydrogen-bond donors (Lipinski definition) is 2. The molecule has 2 N–H and O–H groups in total. The summed E-state index contributed by atoms with van der Waals surface area (Å²) < 4.78 is 19.0. The first kappa shape index (κ1) is 20.9. The maximum Gasteiger partial charge on any atom is 0.407 e. The lowest BCUT2D eigenvalue weighted by Gasteiger charge is -2.19. The van der Waals surface area contributed by atoms with Crippen molar-refractivity contribution in [3.05, 3.63) is 63.9 Å². The topological polar surface area (TPSA) is 67.4 Å². The highest BCUT2D eigenvalue weighted by molar-refractivity contribution is 9.10. The second-order valence-electron chi connectivity index (χ2n) is 6.96. The Balaban J connectivity index is 1.85. The first-order valence-electron chi connectivity index (χ1n) is 8.46. The summed E-state index contributed by atoms with van der Waals surface area (Å²) in [6.07, 6.45) is 0.180. The fourth-order valence-electron chi connectivity index (χ4n) is 2.22. The van der Waals surface area contributed by atoms with Crippen molar-refractivity contribution in [2.45, 2.75) is 32.8 Å². The third kappa shape index (κ3) is 7.02. The van der Waals surface area contributed by atoms with Crippen molar-refractivity contribution in [3.63, 3.8) is 0 Å². The normalized spacial score (nSPS) is 11.0. The lowest BCUT2D eigenvalue weighted by Crippen LogP contribution is -2.33. The molecule has 144 valence electrons. The Labute approximate surface area is 166 Å². The highest BCUT2D eigenvalue weighted by atomic mass is 79.9. The molecule has 5 nitrogen and oxygen atoms in total. The second kappa shape index (κ2) is 8.99. The lowest BCUT2D eigenvalue weighted by molar-refractivity contribution is 0.0528. The molecule has 2 amide bonds. The number of benzene rings is 2. The van der Waals surface area contributed by atoms with Gasteiger partial charge in [-0.2, -0.15) is 0 Å². The van der Waals surface area contributed by atoms with Crippen LogP contribution in [0, 0.1) is 5.82 Å². The third-order valence-corrected chi connectivity index (χ3v) is 4.12.